The number of H-pyrrole nitrogens is 1. The number of carbonyl (C=O) groups is 1. The second-order valence-electron chi connectivity index (χ2n) is 6.65. The first-order valence-electron chi connectivity index (χ1n) is 8.61. The largest absolute Gasteiger partial charge is 0.359 e. The molecular weight excluding hydrogens is 324 g/mol. The molecule has 0 fully saturated rings. The van der Waals surface area contributed by atoms with E-state index in [-0.39, 0.29) is 5.91 Å². The van der Waals surface area contributed by atoms with Gasteiger partial charge >= 0.3 is 0 Å². The normalized spacial score (nSPS) is 11.2. The first kappa shape index (κ1) is 16.3. The lowest BCUT2D eigenvalue weighted by Crippen LogP contribution is -2.22. The number of aryl methyl sites for hydroxylation is 3. The predicted molar refractivity (Wildman–Crippen MR) is 103 cm³/mol. The third-order valence-corrected chi connectivity index (χ3v) is 4.61. The number of hydrogen-bond donors (Lipinski definition) is 2. The zero-order valence-corrected chi connectivity index (χ0v) is 15.1. The number of rotatable bonds is 3. The van der Waals surface area contributed by atoms with Gasteiger partial charge in [0.1, 0.15) is 0 Å². The van der Waals surface area contributed by atoms with Crippen LogP contribution in [0.1, 0.15) is 33.0 Å². The zero-order chi connectivity index (χ0) is 18.3. The van der Waals surface area contributed by atoms with Crippen molar-refractivity contribution in [3.63, 3.8) is 0 Å². The summed E-state index contributed by atoms with van der Waals surface area (Å²) in [4.78, 5) is 24.8. The van der Waals surface area contributed by atoms with Gasteiger partial charge in [0.25, 0.3) is 5.91 Å². The van der Waals surface area contributed by atoms with E-state index in [0.717, 1.165) is 44.6 Å². The minimum Gasteiger partial charge on any atom is -0.359 e. The summed E-state index contributed by atoms with van der Waals surface area (Å²) in [5.41, 5.74) is 7.23. The van der Waals surface area contributed by atoms with E-state index < -0.39 is 0 Å². The highest BCUT2D eigenvalue weighted by atomic mass is 16.1. The van der Waals surface area contributed by atoms with E-state index in [2.05, 4.69) is 32.4 Å². The SMILES string of the molecule is Cc1cc2cc(CNC(=O)c3ccc4nc(C)c(C)nc4c3)ccc2[nH]1. The molecule has 1 amide bonds. The Labute approximate surface area is 151 Å². The van der Waals surface area contributed by atoms with Crippen LogP contribution >= 0.6 is 0 Å². The summed E-state index contributed by atoms with van der Waals surface area (Å²) in [6.07, 6.45) is 0. The molecule has 0 saturated carbocycles. The first-order chi connectivity index (χ1) is 12.5. The number of nitrogens with one attached hydrogen (secondary N) is 2. The van der Waals surface area contributed by atoms with Gasteiger partial charge in [-0.25, -0.2) is 9.97 Å². The molecule has 2 aromatic carbocycles. The van der Waals surface area contributed by atoms with E-state index in [1.807, 2.05) is 39.0 Å². The van der Waals surface area contributed by atoms with Crippen molar-refractivity contribution < 1.29 is 4.79 Å². The number of aromatic nitrogens is 3. The fourth-order valence-corrected chi connectivity index (χ4v) is 3.09. The molecule has 2 aromatic heterocycles. The minimum atomic E-state index is -0.114. The average Bonchev–Trinajstić information content (AvgIpc) is 2.99. The molecule has 0 bridgehead atoms. The summed E-state index contributed by atoms with van der Waals surface area (Å²) in [7, 11) is 0. The molecule has 0 aliphatic heterocycles. The summed E-state index contributed by atoms with van der Waals surface area (Å²) in [5, 5.41) is 4.13. The van der Waals surface area contributed by atoms with Crippen LogP contribution in [0.5, 0.6) is 0 Å². The van der Waals surface area contributed by atoms with E-state index in [9.17, 15) is 4.79 Å². The molecule has 130 valence electrons. The lowest BCUT2D eigenvalue weighted by atomic mass is 10.1. The Morgan fingerprint density at radius 1 is 0.962 bits per heavy atom. The van der Waals surface area contributed by atoms with Crippen LogP contribution in [0.15, 0.2) is 42.5 Å². The molecule has 5 heteroatoms. The van der Waals surface area contributed by atoms with E-state index in [0.29, 0.717) is 12.1 Å². The van der Waals surface area contributed by atoms with Crippen molar-refractivity contribution in [3.8, 4) is 0 Å². The van der Waals surface area contributed by atoms with Crippen molar-refractivity contribution in [2.75, 3.05) is 0 Å². The molecule has 0 spiro atoms. The average molecular weight is 344 g/mol. The highest BCUT2D eigenvalue weighted by Gasteiger charge is 2.09. The topological polar surface area (TPSA) is 70.7 Å². The molecule has 2 N–H and O–H groups in total. The molecule has 5 nitrogen and oxygen atoms in total. The quantitative estimate of drug-likeness (QED) is 0.591. The molecule has 2 heterocycles. The molecule has 26 heavy (non-hydrogen) atoms. The fourth-order valence-electron chi connectivity index (χ4n) is 3.09. The lowest BCUT2D eigenvalue weighted by Gasteiger charge is -2.07. The van der Waals surface area contributed by atoms with Gasteiger partial charge in [0.15, 0.2) is 0 Å². The number of hydrogen-bond acceptors (Lipinski definition) is 3. The summed E-state index contributed by atoms with van der Waals surface area (Å²) >= 11 is 0. The third-order valence-electron chi connectivity index (χ3n) is 4.61. The summed E-state index contributed by atoms with van der Waals surface area (Å²) in [6.45, 7) is 6.38. The molecule has 0 unspecified atom stereocenters. The summed E-state index contributed by atoms with van der Waals surface area (Å²) in [6, 6.07) is 13.7. The van der Waals surface area contributed by atoms with Gasteiger partial charge in [-0.3, -0.25) is 4.79 Å². The van der Waals surface area contributed by atoms with Crippen molar-refractivity contribution >= 4 is 27.8 Å². The van der Waals surface area contributed by atoms with Crippen molar-refractivity contribution in [2.45, 2.75) is 27.3 Å². The maximum Gasteiger partial charge on any atom is 0.251 e. The van der Waals surface area contributed by atoms with Gasteiger partial charge in [0, 0.05) is 23.3 Å². The molecule has 4 rings (SSSR count). The molecule has 0 radical (unpaired) electrons. The van der Waals surface area contributed by atoms with Crippen LogP contribution in [-0.2, 0) is 6.54 Å². The van der Waals surface area contributed by atoms with Crippen LogP contribution in [0.3, 0.4) is 0 Å². The van der Waals surface area contributed by atoms with Crippen LogP contribution in [0.2, 0.25) is 0 Å². The number of benzene rings is 2. The van der Waals surface area contributed by atoms with Crippen molar-refractivity contribution in [2.24, 2.45) is 0 Å². The predicted octanol–water partition coefficient (Wildman–Crippen LogP) is 3.97. The second-order valence-corrected chi connectivity index (χ2v) is 6.65. The number of aromatic amines is 1. The summed E-state index contributed by atoms with van der Waals surface area (Å²) < 4.78 is 0. The van der Waals surface area contributed by atoms with Crippen LogP contribution in [-0.4, -0.2) is 20.9 Å². The maximum atomic E-state index is 12.5. The van der Waals surface area contributed by atoms with Gasteiger partial charge in [-0.05, 0) is 68.1 Å². The Bertz CT molecular complexity index is 1140. The van der Waals surface area contributed by atoms with Gasteiger partial charge in [0.05, 0.1) is 22.4 Å². The third kappa shape index (κ3) is 3.04. The number of fused-ring (bicyclic) bond motifs is 2. The molecule has 0 aliphatic carbocycles. The fraction of sp³-hybridized carbons (Fsp3) is 0.190. The Balaban J connectivity index is 1.53. The van der Waals surface area contributed by atoms with E-state index in [1.165, 1.54) is 0 Å². The highest BCUT2D eigenvalue weighted by Crippen LogP contribution is 2.17. The van der Waals surface area contributed by atoms with E-state index in [1.54, 1.807) is 12.1 Å². The highest BCUT2D eigenvalue weighted by molar-refractivity contribution is 5.97. The summed E-state index contributed by atoms with van der Waals surface area (Å²) in [5.74, 6) is -0.114. The molecule has 0 saturated heterocycles. The Morgan fingerprint density at radius 2 is 1.73 bits per heavy atom. The van der Waals surface area contributed by atoms with E-state index >= 15 is 0 Å². The van der Waals surface area contributed by atoms with Crippen LogP contribution < -0.4 is 5.32 Å². The van der Waals surface area contributed by atoms with Crippen LogP contribution in [0.25, 0.3) is 21.9 Å². The molecule has 0 aliphatic rings. The maximum absolute atomic E-state index is 12.5. The first-order valence-corrected chi connectivity index (χ1v) is 8.61. The smallest absolute Gasteiger partial charge is 0.251 e. The standard InChI is InChI=1S/C21H20N4O/c1-12-8-17-9-15(4-6-18(17)23-12)11-22-21(26)16-5-7-19-20(10-16)25-14(3)13(2)24-19/h4-10,23H,11H2,1-3H3,(H,22,26). The van der Waals surface area contributed by atoms with E-state index in [4.69, 9.17) is 0 Å². The Kier molecular flexibility index (Phi) is 3.92. The van der Waals surface area contributed by atoms with Gasteiger partial charge in [-0.15, -0.1) is 0 Å². The van der Waals surface area contributed by atoms with Gasteiger partial charge < -0.3 is 10.3 Å². The minimum absolute atomic E-state index is 0.114. The Morgan fingerprint density at radius 3 is 2.54 bits per heavy atom. The second kappa shape index (κ2) is 6.26. The van der Waals surface area contributed by atoms with Gasteiger partial charge in [-0.2, -0.15) is 0 Å². The van der Waals surface area contributed by atoms with Crippen LogP contribution in [0.4, 0.5) is 0 Å². The molecule has 0 atom stereocenters. The lowest BCUT2D eigenvalue weighted by molar-refractivity contribution is 0.0951. The van der Waals surface area contributed by atoms with Crippen LogP contribution in [0, 0.1) is 20.8 Å². The Hall–Kier alpha value is -3.21. The van der Waals surface area contributed by atoms with Crippen molar-refractivity contribution in [1.29, 1.82) is 0 Å². The number of amides is 1. The van der Waals surface area contributed by atoms with Crippen molar-refractivity contribution in [3.05, 3.63) is 70.7 Å². The number of carbonyl (C=O) groups excluding carboxylic acids is 1. The van der Waals surface area contributed by atoms with Gasteiger partial charge in [0.2, 0.25) is 0 Å². The van der Waals surface area contributed by atoms with Gasteiger partial charge in [-0.1, -0.05) is 6.07 Å². The molecule has 4 aromatic rings. The zero-order valence-electron chi connectivity index (χ0n) is 15.1. The monoisotopic (exact) mass is 344 g/mol. The number of nitrogens with zero attached hydrogens (tertiary/aromatic N) is 2. The molecular formula is C21H20N4O. The van der Waals surface area contributed by atoms with Crippen molar-refractivity contribution in [1.82, 2.24) is 20.3 Å².